The summed E-state index contributed by atoms with van der Waals surface area (Å²) in [6.07, 6.45) is 0. The van der Waals surface area contributed by atoms with E-state index in [4.69, 9.17) is 9.47 Å². The molecule has 15 rings (SSSR count). The maximum atomic E-state index is 7.50. The summed E-state index contributed by atoms with van der Waals surface area (Å²) in [6.45, 7) is -0.110. The van der Waals surface area contributed by atoms with Crippen LogP contribution in [-0.2, 0) is 0 Å². The quantitative estimate of drug-likeness (QED) is 0.118. The molecule has 0 radical (unpaired) electrons. The highest BCUT2D eigenvalue weighted by atomic mass is 28.3. The zero-order chi connectivity index (χ0) is 47.3. The van der Waals surface area contributed by atoms with Gasteiger partial charge in [-0.1, -0.05) is 200 Å². The molecule has 6 heteroatoms. The predicted molar refractivity (Wildman–Crippen MR) is 302 cm³/mol. The molecular weight excluding hydrogens is 892 g/mol. The second kappa shape index (κ2) is 16.0. The van der Waals surface area contributed by atoms with E-state index in [0.717, 1.165) is 67.4 Å². The van der Waals surface area contributed by atoms with Gasteiger partial charge in [0.1, 0.15) is 23.0 Å². The Kier molecular flexibility index (Phi) is 9.04. The van der Waals surface area contributed by atoms with Gasteiger partial charge in [-0.25, -0.2) is 0 Å². The lowest BCUT2D eigenvalue weighted by Crippen LogP contribution is -2.74. The van der Waals surface area contributed by atoms with Crippen LogP contribution in [0.15, 0.2) is 261 Å². The number of para-hydroxylation sites is 4. The summed E-state index contributed by atoms with van der Waals surface area (Å²) in [5, 5.41) is 10.2. The summed E-state index contributed by atoms with van der Waals surface area (Å²) >= 11 is 0. The molecule has 4 nitrogen and oxygen atoms in total. The van der Waals surface area contributed by atoms with Gasteiger partial charge in [0.05, 0.1) is 22.1 Å². The van der Waals surface area contributed by atoms with E-state index in [0.29, 0.717) is 0 Å². The average molecular weight is 935 g/mol. The number of benzene rings is 11. The van der Waals surface area contributed by atoms with Crippen LogP contribution < -0.4 is 46.6 Å². The number of ether oxygens (including phenoxy) is 2. The molecule has 2 aliphatic rings. The van der Waals surface area contributed by atoms with Gasteiger partial charge in [-0.05, 0) is 91.8 Å². The molecule has 11 aromatic carbocycles. The Labute approximate surface area is 418 Å². The lowest BCUT2D eigenvalue weighted by Gasteiger charge is -2.35. The first-order chi connectivity index (χ1) is 35.7. The van der Waals surface area contributed by atoms with Crippen molar-refractivity contribution in [3.63, 3.8) is 0 Å². The van der Waals surface area contributed by atoms with Crippen molar-refractivity contribution in [2.45, 2.75) is 0 Å². The number of aromatic nitrogens is 2. The van der Waals surface area contributed by atoms with Gasteiger partial charge in [0.25, 0.3) is 6.71 Å². The highest BCUT2D eigenvalue weighted by molar-refractivity contribution is 7.20. The van der Waals surface area contributed by atoms with Crippen LogP contribution in [0.1, 0.15) is 0 Å². The fourth-order valence-corrected chi connectivity index (χ4v) is 17.2. The van der Waals surface area contributed by atoms with Crippen LogP contribution in [0.25, 0.3) is 66.1 Å². The molecular formula is C66H43BN2O2Si. The Bertz CT molecular complexity index is 4190. The maximum absolute atomic E-state index is 7.50. The predicted octanol–water partition coefficient (Wildman–Crippen LogP) is 11.7. The molecule has 0 aliphatic carbocycles. The van der Waals surface area contributed by atoms with E-state index in [1.807, 2.05) is 0 Å². The van der Waals surface area contributed by atoms with Crippen LogP contribution in [0.4, 0.5) is 0 Å². The fourth-order valence-electron chi connectivity index (χ4n) is 12.4. The molecule has 0 bridgehead atoms. The summed E-state index contributed by atoms with van der Waals surface area (Å²) in [7, 11) is -2.83. The number of nitrogens with zero attached hydrogens (tertiary/aromatic N) is 2. The largest absolute Gasteiger partial charge is 0.458 e. The topological polar surface area (TPSA) is 28.3 Å². The number of hydrogen-bond acceptors (Lipinski definition) is 2. The SMILES string of the molecule is c1ccc(-n2c3ccccc3c3c2ccc2c4ccccc4n(-c4ccc5c(c4)Oc4c(-c6cccc([Si](c7ccccc7)(c7ccccc7)c7ccccc7)c6)ccc6c4B5c4ccccc4O6)c23)cc1. The van der Waals surface area contributed by atoms with Crippen LogP contribution in [-0.4, -0.2) is 23.9 Å². The Morgan fingerprint density at radius 3 is 1.67 bits per heavy atom. The number of rotatable bonds is 7. The van der Waals surface area contributed by atoms with Crippen LogP contribution >= 0.6 is 0 Å². The normalized spacial score (nSPS) is 12.6. The second-order valence-corrected chi connectivity index (χ2v) is 22.9. The van der Waals surface area contributed by atoms with Gasteiger partial charge >= 0.3 is 0 Å². The van der Waals surface area contributed by atoms with Crippen molar-refractivity contribution in [1.82, 2.24) is 9.13 Å². The monoisotopic (exact) mass is 934 g/mol. The smallest absolute Gasteiger partial charge is 0.260 e. The van der Waals surface area contributed by atoms with E-state index in [2.05, 4.69) is 270 Å². The summed E-state index contributed by atoms with van der Waals surface area (Å²) in [5.41, 5.74) is 12.3. The molecule has 0 N–H and O–H groups in total. The Hall–Kier alpha value is -9.10. The minimum Gasteiger partial charge on any atom is -0.458 e. The molecule has 13 aromatic rings. The molecule has 72 heavy (non-hydrogen) atoms. The molecule has 0 saturated heterocycles. The highest BCUT2D eigenvalue weighted by Crippen LogP contribution is 2.44. The summed E-state index contributed by atoms with van der Waals surface area (Å²) in [4.78, 5) is 0. The van der Waals surface area contributed by atoms with Crippen LogP contribution in [0.5, 0.6) is 23.0 Å². The molecule has 0 spiro atoms. The first-order valence-electron chi connectivity index (χ1n) is 24.8. The number of hydrogen-bond donors (Lipinski definition) is 0. The molecule has 336 valence electrons. The molecule has 0 amide bonds. The van der Waals surface area contributed by atoms with Crippen molar-refractivity contribution in [2.24, 2.45) is 0 Å². The van der Waals surface area contributed by atoms with Crippen molar-refractivity contribution >= 4 is 95.5 Å². The third-order valence-corrected chi connectivity index (χ3v) is 20.2. The summed E-state index contributed by atoms with van der Waals surface area (Å²) < 4.78 is 19.2. The molecule has 0 unspecified atom stereocenters. The maximum Gasteiger partial charge on any atom is 0.260 e. The zero-order valence-corrected chi connectivity index (χ0v) is 40.1. The van der Waals surface area contributed by atoms with Crippen molar-refractivity contribution in [3.05, 3.63) is 261 Å². The summed E-state index contributed by atoms with van der Waals surface area (Å²) in [6, 6.07) is 95.3. The van der Waals surface area contributed by atoms with E-state index in [1.165, 1.54) is 58.8 Å². The standard InChI is InChI=1S/C66H43BN2O2Si/c1-5-21-45(22-6-1)68-58-34-17-14-31-54(58)63-59(68)40-37-53-52-30-13-16-33-57(52)69(65(53)63)46-36-39-56-62(43-46)71-66-51(38-41-61-64(66)67(56)55-32-15-18-35-60(55)70-61)44-20-19-29-50(42-44)72(47-23-7-2-8-24-47,48-25-9-3-10-26-48)49-27-11-4-12-28-49/h1-43H. The minimum absolute atomic E-state index is 0.110. The van der Waals surface area contributed by atoms with Gasteiger partial charge in [0.15, 0.2) is 8.07 Å². The van der Waals surface area contributed by atoms with Gasteiger partial charge in [-0.2, -0.15) is 0 Å². The van der Waals surface area contributed by atoms with Gasteiger partial charge in [0, 0.05) is 50.0 Å². The van der Waals surface area contributed by atoms with E-state index in [9.17, 15) is 0 Å². The van der Waals surface area contributed by atoms with Gasteiger partial charge in [-0.15, -0.1) is 0 Å². The third kappa shape index (κ3) is 5.87. The minimum atomic E-state index is -2.83. The lowest BCUT2D eigenvalue weighted by molar-refractivity contribution is 0.465. The summed E-state index contributed by atoms with van der Waals surface area (Å²) in [5.74, 6) is 3.36. The Morgan fingerprint density at radius 1 is 0.347 bits per heavy atom. The second-order valence-electron chi connectivity index (χ2n) is 19.1. The lowest BCUT2D eigenvalue weighted by atomic mass is 9.34. The van der Waals surface area contributed by atoms with Crippen molar-refractivity contribution in [2.75, 3.05) is 0 Å². The van der Waals surface area contributed by atoms with Gasteiger partial charge in [-0.3, -0.25) is 0 Å². The van der Waals surface area contributed by atoms with Gasteiger partial charge < -0.3 is 18.6 Å². The molecule has 2 aromatic heterocycles. The molecule has 0 atom stereocenters. The van der Waals surface area contributed by atoms with Crippen molar-refractivity contribution in [3.8, 4) is 45.5 Å². The van der Waals surface area contributed by atoms with E-state index in [-0.39, 0.29) is 6.71 Å². The molecule has 2 aliphatic heterocycles. The zero-order valence-electron chi connectivity index (χ0n) is 39.1. The van der Waals surface area contributed by atoms with E-state index in [1.54, 1.807) is 0 Å². The first kappa shape index (κ1) is 40.8. The third-order valence-electron chi connectivity index (χ3n) is 15.4. The highest BCUT2D eigenvalue weighted by Gasteiger charge is 2.43. The van der Waals surface area contributed by atoms with Crippen molar-refractivity contribution < 1.29 is 9.47 Å². The van der Waals surface area contributed by atoms with E-state index < -0.39 is 8.07 Å². The molecule has 0 saturated carbocycles. The Balaban J connectivity index is 0.960. The molecule has 0 fully saturated rings. The van der Waals surface area contributed by atoms with E-state index >= 15 is 0 Å². The van der Waals surface area contributed by atoms with Crippen molar-refractivity contribution in [1.29, 1.82) is 0 Å². The van der Waals surface area contributed by atoms with Crippen LogP contribution in [0.3, 0.4) is 0 Å². The first-order valence-corrected chi connectivity index (χ1v) is 26.8. The Morgan fingerprint density at radius 2 is 0.944 bits per heavy atom. The average Bonchev–Trinajstić information content (AvgIpc) is 3.97. The number of fused-ring (bicyclic) bond motifs is 11. The van der Waals surface area contributed by atoms with Crippen LogP contribution in [0, 0.1) is 0 Å². The molecule has 4 heterocycles. The van der Waals surface area contributed by atoms with Gasteiger partial charge in [0.2, 0.25) is 0 Å². The van der Waals surface area contributed by atoms with Crippen LogP contribution in [0.2, 0.25) is 0 Å². The fraction of sp³-hybridized carbons (Fsp3) is 0.